The summed E-state index contributed by atoms with van der Waals surface area (Å²) in [6.07, 6.45) is 0. The second kappa shape index (κ2) is 24.3. The van der Waals surface area contributed by atoms with Gasteiger partial charge in [-0.25, -0.2) is 0 Å². The molecule has 105 heavy (non-hydrogen) atoms. The van der Waals surface area contributed by atoms with Crippen molar-refractivity contribution in [1.29, 1.82) is 0 Å². The van der Waals surface area contributed by atoms with Crippen LogP contribution < -0.4 is 31.1 Å². The van der Waals surface area contributed by atoms with Crippen LogP contribution >= 0.6 is 0 Å². The van der Waals surface area contributed by atoms with Crippen LogP contribution in [0, 0.1) is 0 Å². The van der Waals surface area contributed by atoms with Gasteiger partial charge in [0.1, 0.15) is 0 Å². The van der Waals surface area contributed by atoms with E-state index in [1.165, 1.54) is 94.3 Å². The van der Waals surface area contributed by atoms with Crippen molar-refractivity contribution in [3.8, 4) is 66.8 Å². The van der Waals surface area contributed by atoms with Crippen LogP contribution in [0.15, 0.2) is 315 Å². The molecule has 0 N–H and O–H groups in total. The average Bonchev–Trinajstić information content (AvgIpc) is 1.52. The van der Waals surface area contributed by atoms with Gasteiger partial charge in [-0.3, -0.25) is 0 Å². The molecule has 0 bridgehead atoms. The van der Waals surface area contributed by atoms with Crippen molar-refractivity contribution in [3.63, 3.8) is 0 Å². The normalized spacial score (nSPS) is 13.7. The molecule has 2 aliphatic heterocycles. The lowest BCUT2D eigenvalue weighted by Gasteiger charge is -2.46. The van der Waals surface area contributed by atoms with Crippen molar-refractivity contribution in [1.82, 2.24) is 0 Å². The molecule has 14 aromatic carbocycles. The van der Waals surface area contributed by atoms with Crippen LogP contribution in [0.1, 0.15) is 128 Å². The number of hydrogen-bond acceptors (Lipinski definition) is 3. The van der Waals surface area contributed by atoms with Crippen LogP contribution in [-0.2, 0) is 27.1 Å². The molecule has 3 nitrogen and oxygen atoms in total. The minimum Gasteiger partial charge on any atom is -0.311 e. The molecule has 510 valence electrons. The maximum absolute atomic E-state index is 2.70. The third-order valence-corrected chi connectivity index (χ3v) is 23.0. The van der Waals surface area contributed by atoms with Crippen LogP contribution in [0.5, 0.6) is 0 Å². The molecule has 0 saturated heterocycles. The number of fused-ring (bicyclic) bond motifs is 14. The number of anilines is 9. The second-order valence-corrected chi connectivity index (χ2v) is 33.7. The molecule has 18 rings (SSSR count). The van der Waals surface area contributed by atoms with E-state index in [0.29, 0.717) is 0 Å². The molecule has 4 aliphatic rings. The lowest BCUT2D eigenvalue weighted by atomic mass is 9.33. The summed E-state index contributed by atoms with van der Waals surface area (Å²) in [4.78, 5) is 7.90. The number of rotatable bonds is 9. The summed E-state index contributed by atoms with van der Waals surface area (Å²) < 4.78 is 0. The Balaban J connectivity index is 1.02. The topological polar surface area (TPSA) is 9.72 Å². The first-order chi connectivity index (χ1) is 50.6. The Bertz CT molecular complexity index is 5570. The van der Waals surface area contributed by atoms with E-state index in [2.05, 4.69) is 413 Å². The van der Waals surface area contributed by atoms with E-state index in [0.717, 1.165) is 84.6 Å². The molecule has 1 spiro atoms. The van der Waals surface area contributed by atoms with E-state index < -0.39 is 5.41 Å². The highest BCUT2D eigenvalue weighted by molar-refractivity contribution is 7.00. The van der Waals surface area contributed by atoms with Gasteiger partial charge < -0.3 is 14.7 Å². The second-order valence-electron chi connectivity index (χ2n) is 33.7. The number of hydrogen-bond donors (Lipinski definition) is 0. The predicted molar refractivity (Wildman–Crippen MR) is 448 cm³/mol. The zero-order valence-corrected chi connectivity index (χ0v) is 62.4. The van der Waals surface area contributed by atoms with Gasteiger partial charge in [0.2, 0.25) is 0 Å². The average molecular weight is 1350 g/mol. The summed E-state index contributed by atoms with van der Waals surface area (Å²) >= 11 is 0. The minimum absolute atomic E-state index is 0.0599. The Hall–Kier alpha value is -11.5. The Morgan fingerprint density at radius 2 is 0.667 bits per heavy atom. The van der Waals surface area contributed by atoms with Gasteiger partial charge in [0.25, 0.3) is 6.71 Å². The Labute approximate surface area is 621 Å². The van der Waals surface area contributed by atoms with Crippen molar-refractivity contribution in [2.24, 2.45) is 0 Å². The fraction of sp³-hybridized carbons (Fsp3) is 0.168. The van der Waals surface area contributed by atoms with Gasteiger partial charge >= 0.3 is 0 Å². The first-order valence-corrected chi connectivity index (χ1v) is 37.6. The van der Waals surface area contributed by atoms with Crippen molar-refractivity contribution >= 4 is 74.3 Å². The van der Waals surface area contributed by atoms with Gasteiger partial charge in [0, 0.05) is 45.4 Å². The maximum atomic E-state index is 2.70. The summed E-state index contributed by atoms with van der Waals surface area (Å²) in [5.74, 6) is 0. The fourth-order valence-electron chi connectivity index (χ4n) is 17.6. The standard InChI is InChI=1S/C101H88BN3/c1-97(2,3)72-45-49-76(50-46-72)103(77-51-47-73(48-52-77)98(4,5)6)79-61-94-96-95(62-79)105(91-43-29-25-36-80(91)67-34-20-15-21-35-67)92-59-68(71-55-74(99(7,8)9)60-75(56-71)100(10,11)12)44-53-89(92)102(96)90-64-88-84(83-39-24-28-42-87(83)101(88)85-40-26-22-37-81(85)82-38-23-27-41-86(82)101)63-93(90)104(94)78-57-69(65-30-16-13-17-31-65)54-70(58-78)66-32-18-14-19-33-66/h13-64H,1-12H3. The molecular formula is C101H88BN3. The molecule has 14 aromatic rings. The van der Waals surface area contributed by atoms with Crippen LogP contribution in [0.4, 0.5) is 51.2 Å². The zero-order valence-electron chi connectivity index (χ0n) is 62.4. The lowest BCUT2D eigenvalue weighted by molar-refractivity contribution is 0.569. The number of para-hydroxylation sites is 1. The molecule has 0 amide bonds. The lowest BCUT2D eigenvalue weighted by Crippen LogP contribution is -2.61. The summed E-state index contributed by atoms with van der Waals surface area (Å²) in [7, 11) is 0. The van der Waals surface area contributed by atoms with Crippen LogP contribution in [0.3, 0.4) is 0 Å². The highest BCUT2D eigenvalue weighted by Gasteiger charge is 2.54. The summed E-state index contributed by atoms with van der Waals surface area (Å²) in [5.41, 5.74) is 37.7. The molecule has 0 fully saturated rings. The molecule has 0 radical (unpaired) electrons. The molecule has 2 heterocycles. The van der Waals surface area contributed by atoms with E-state index in [1.54, 1.807) is 0 Å². The summed E-state index contributed by atoms with van der Waals surface area (Å²) in [5, 5.41) is 0. The van der Waals surface area contributed by atoms with Crippen LogP contribution in [0.25, 0.3) is 66.8 Å². The Kier molecular flexibility index (Phi) is 15.2. The Morgan fingerprint density at radius 3 is 1.16 bits per heavy atom. The maximum Gasteiger partial charge on any atom is 0.252 e. The predicted octanol–water partition coefficient (Wildman–Crippen LogP) is 25.4. The van der Waals surface area contributed by atoms with Crippen molar-refractivity contribution in [3.05, 3.63) is 360 Å². The van der Waals surface area contributed by atoms with E-state index in [9.17, 15) is 0 Å². The van der Waals surface area contributed by atoms with Gasteiger partial charge in [-0.05, 0) is 217 Å². The summed E-state index contributed by atoms with van der Waals surface area (Å²) in [6, 6.07) is 122. The van der Waals surface area contributed by atoms with E-state index in [-0.39, 0.29) is 28.4 Å². The van der Waals surface area contributed by atoms with Gasteiger partial charge in [-0.15, -0.1) is 0 Å². The third kappa shape index (κ3) is 10.8. The molecular weight excluding hydrogens is 1270 g/mol. The molecule has 0 unspecified atom stereocenters. The minimum atomic E-state index is -0.601. The van der Waals surface area contributed by atoms with Crippen LogP contribution in [-0.4, -0.2) is 6.71 Å². The van der Waals surface area contributed by atoms with Crippen molar-refractivity contribution < 1.29 is 0 Å². The SMILES string of the molecule is CC(C)(C)c1ccc(N(c2ccc(C(C)(C)C)cc2)c2cc3c4c(c2)N(c2ccccc2-c2ccccc2)c2cc(-c5cc(C(C)(C)C)cc(C(C)(C)C)c5)ccc2B4c2cc4c(cc2N3c2cc(-c3ccccc3)cc(-c3ccccc3)c2)-c2ccccc2C42c3ccccc3-c3ccccc32)cc1. The zero-order chi connectivity index (χ0) is 72.1. The van der Waals surface area contributed by atoms with Gasteiger partial charge in [-0.1, -0.05) is 326 Å². The Morgan fingerprint density at radius 1 is 0.248 bits per heavy atom. The molecule has 0 atom stereocenters. The quantitative estimate of drug-likeness (QED) is 0.133. The van der Waals surface area contributed by atoms with Crippen molar-refractivity contribution in [2.75, 3.05) is 14.7 Å². The van der Waals surface area contributed by atoms with E-state index >= 15 is 0 Å². The molecule has 4 heteroatoms. The highest BCUT2D eigenvalue weighted by Crippen LogP contribution is 2.64. The van der Waals surface area contributed by atoms with Gasteiger partial charge in [-0.2, -0.15) is 0 Å². The monoisotopic (exact) mass is 1350 g/mol. The number of benzene rings is 14. The fourth-order valence-corrected chi connectivity index (χ4v) is 17.6. The first-order valence-electron chi connectivity index (χ1n) is 37.6. The molecule has 2 aliphatic carbocycles. The van der Waals surface area contributed by atoms with E-state index in [1.807, 2.05) is 0 Å². The number of nitrogens with zero attached hydrogens (tertiary/aromatic N) is 3. The van der Waals surface area contributed by atoms with Gasteiger partial charge in [0.05, 0.1) is 16.8 Å². The molecule has 0 aromatic heterocycles. The van der Waals surface area contributed by atoms with E-state index in [4.69, 9.17) is 0 Å². The van der Waals surface area contributed by atoms with Gasteiger partial charge in [0.15, 0.2) is 0 Å². The van der Waals surface area contributed by atoms with Crippen molar-refractivity contribution in [2.45, 2.75) is 110 Å². The third-order valence-electron chi connectivity index (χ3n) is 23.0. The van der Waals surface area contributed by atoms with Crippen LogP contribution in [0.2, 0.25) is 0 Å². The smallest absolute Gasteiger partial charge is 0.252 e. The molecule has 0 saturated carbocycles. The largest absolute Gasteiger partial charge is 0.311 e. The summed E-state index contributed by atoms with van der Waals surface area (Å²) in [6.45, 7) is 27.7. The first kappa shape index (κ1) is 65.6. The highest BCUT2D eigenvalue weighted by atomic mass is 15.2.